The van der Waals surface area contributed by atoms with Crippen LogP contribution in [0.15, 0.2) is 10.3 Å². The lowest BCUT2D eigenvalue weighted by molar-refractivity contribution is 1.28. The second-order valence-corrected chi connectivity index (χ2v) is 3.61. The predicted octanol–water partition coefficient (Wildman–Crippen LogP) is 2.33. The highest BCUT2D eigenvalue weighted by Gasteiger charge is 2.00. The SMILES string of the molecule is CSC1=CCCS1. The van der Waals surface area contributed by atoms with E-state index in [0.717, 1.165) is 0 Å². The molecule has 1 rings (SSSR count). The first-order valence-electron chi connectivity index (χ1n) is 2.30. The van der Waals surface area contributed by atoms with Gasteiger partial charge in [-0.15, -0.1) is 23.5 Å². The quantitative estimate of drug-likeness (QED) is 0.537. The lowest BCUT2D eigenvalue weighted by atomic mass is 10.5. The maximum absolute atomic E-state index is 2.30. The molecule has 0 aliphatic carbocycles. The largest absolute Gasteiger partial charge is 0.123 e. The van der Waals surface area contributed by atoms with Crippen LogP contribution >= 0.6 is 23.5 Å². The normalized spacial score (nSPS) is 19.9. The number of hydrogen-bond donors (Lipinski definition) is 0. The molecule has 0 aromatic heterocycles. The van der Waals surface area contributed by atoms with Gasteiger partial charge in [0.2, 0.25) is 0 Å². The summed E-state index contributed by atoms with van der Waals surface area (Å²) in [5.41, 5.74) is 0. The molecule has 0 fully saturated rings. The summed E-state index contributed by atoms with van der Waals surface area (Å²) in [6, 6.07) is 0. The zero-order valence-corrected chi connectivity index (χ0v) is 5.94. The Morgan fingerprint density at radius 1 is 1.86 bits per heavy atom. The van der Waals surface area contributed by atoms with Gasteiger partial charge in [-0.3, -0.25) is 0 Å². The third-order valence-electron chi connectivity index (χ3n) is 0.874. The van der Waals surface area contributed by atoms with Gasteiger partial charge in [0, 0.05) is 9.99 Å². The van der Waals surface area contributed by atoms with Crippen LogP contribution in [0.5, 0.6) is 0 Å². The molecule has 40 valence electrons. The summed E-state index contributed by atoms with van der Waals surface area (Å²) < 4.78 is 1.50. The van der Waals surface area contributed by atoms with Crippen LogP contribution in [0.3, 0.4) is 0 Å². The van der Waals surface area contributed by atoms with Gasteiger partial charge in [-0.05, 0) is 12.7 Å². The van der Waals surface area contributed by atoms with E-state index in [4.69, 9.17) is 0 Å². The molecule has 0 saturated carbocycles. The van der Waals surface area contributed by atoms with Crippen molar-refractivity contribution in [3.05, 3.63) is 10.3 Å². The van der Waals surface area contributed by atoms with E-state index in [9.17, 15) is 0 Å². The minimum absolute atomic E-state index is 1.28. The van der Waals surface area contributed by atoms with Gasteiger partial charge in [0.05, 0.1) is 0 Å². The van der Waals surface area contributed by atoms with Crippen LogP contribution in [-0.2, 0) is 0 Å². The molecule has 2 heteroatoms. The fourth-order valence-electron chi connectivity index (χ4n) is 0.537. The van der Waals surface area contributed by atoms with E-state index in [-0.39, 0.29) is 0 Å². The highest BCUT2D eigenvalue weighted by atomic mass is 32.2. The topological polar surface area (TPSA) is 0 Å². The fraction of sp³-hybridized carbons (Fsp3) is 0.600. The van der Waals surface area contributed by atoms with Crippen molar-refractivity contribution in [2.45, 2.75) is 6.42 Å². The van der Waals surface area contributed by atoms with Crippen LogP contribution in [0.2, 0.25) is 0 Å². The van der Waals surface area contributed by atoms with Crippen LogP contribution in [-0.4, -0.2) is 12.0 Å². The van der Waals surface area contributed by atoms with Crippen molar-refractivity contribution < 1.29 is 0 Å². The molecule has 0 atom stereocenters. The summed E-state index contributed by atoms with van der Waals surface area (Å²) in [6.07, 6.45) is 5.71. The van der Waals surface area contributed by atoms with Gasteiger partial charge in [-0.25, -0.2) is 0 Å². The van der Waals surface area contributed by atoms with Gasteiger partial charge in [-0.2, -0.15) is 0 Å². The maximum atomic E-state index is 2.30. The van der Waals surface area contributed by atoms with E-state index in [1.165, 1.54) is 16.4 Å². The Kier molecular flexibility index (Phi) is 2.13. The fourth-order valence-corrected chi connectivity index (χ4v) is 2.22. The van der Waals surface area contributed by atoms with E-state index in [2.05, 4.69) is 12.3 Å². The molecule has 0 aromatic rings. The molecule has 1 heterocycles. The monoisotopic (exact) mass is 132 g/mol. The molecule has 0 unspecified atom stereocenters. The molecule has 0 saturated heterocycles. The summed E-state index contributed by atoms with van der Waals surface area (Å²) in [5, 5.41) is 0. The third-order valence-corrected chi connectivity index (χ3v) is 3.19. The molecule has 0 radical (unpaired) electrons. The van der Waals surface area contributed by atoms with Gasteiger partial charge in [-0.1, -0.05) is 6.08 Å². The molecule has 0 amide bonds. The van der Waals surface area contributed by atoms with Crippen LogP contribution in [0.25, 0.3) is 0 Å². The van der Waals surface area contributed by atoms with Crippen LogP contribution in [0, 0.1) is 0 Å². The molecule has 0 nitrogen and oxygen atoms in total. The summed E-state index contributed by atoms with van der Waals surface area (Å²) in [7, 11) is 0. The molecule has 0 spiro atoms. The Morgan fingerprint density at radius 2 is 2.71 bits per heavy atom. The van der Waals surface area contributed by atoms with E-state index in [1.807, 2.05) is 23.5 Å². The van der Waals surface area contributed by atoms with Crippen molar-refractivity contribution in [1.82, 2.24) is 0 Å². The first-order valence-corrected chi connectivity index (χ1v) is 4.51. The van der Waals surface area contributed by atoms with Gasteiger partial charge in [0.25, 0.3) is 0 Å². The highest BCUT2D eigenvalue weighted by Crippen LogP contribution is 2.32. The molecule has 0 aromatic carbocycles. The van der Waals surface area contributed by atoms with Crippen LogP contribution < -0.4 is 0 Å². The lowest BCUT2D eigenvalue weighted by Gasteiger charge is -1.88. The van der Waals surface area contributed by atoms with E-state index < -0.39 is 0 Å². The van der Waals surface area contributed by atoms with Gasteiger partial charge < -0.3 is 0 Å². The standard InChI is InChI=1S/C5H8S2/c1-6-5-3-2-4-7-5/h3H,2,4H2,1H3. The molecular weight excluding hydrogens is 124 g/mol. The van der Waals surface area contributed by atoms with Crippen molar-refractivity contribution in [2.24, 2.45) is 0 Å². The number of rotatable bonds is 1. The Hall–Kier alpha value is 0.440. The molecule has 0 N–H and O–H groups in total. The van der Waals surface area contributed by atoms with Gasteiger partial charge in [0.15, 0.2) is 0 Å². The van der Waals surface area contributed by atoms with E-state index in [0.29, 0.717) is 0 Å². The highest BCUT2D eigenvalue weighted by molar-refractivity contribution is 8.22. The van der Waals surface area contributed by atoms with E-state index >= 15 is 0 Å². The Morgan fingerprint density at radius 3 is 3.00 bits per heavy atom. The lowest BCUT2D eigenvalue weighted by Crippen LogP contribution is -1.58. The van der Waals surface area contributed by atoms with Crippen molar-refractivity contribution in [3.63, 3.8) is 0 Å². The Labute approximate surface area is 52.7 Å². The smallest absolute Gasteiger partial charge is 0.0358 e. The van der Waals surface area contributed by atoms with Crippen molar-refractivity contribution in [3.8, 4) is 0 Å². The van der Waals surface area contributed by atoms with Crippen molar-refractivity contribution in [2.75, 3.05) is 12.0 Å². The summed E-state index contributed by atoms with van der Waals surface area (Å²) >= 11 is 3.82. The van der Waals surface area contributed by atoms with Crippen molar-refractivity contribution >= 4 is 23.5 Å². The first-order chi connectivity index (χ1) is 3.43. The second kappa shape index (κ2) is 2.68. The average molecular weight is 132 g/mol. The Balaban J connectivity index is 2.36. The minimum atomic E-state index is 1.28. The maximum Gasteiger partial charge on any atom is 0.0358 e. The summed E-state index contributed by atoms with van der Waals surface area (Å²) in [6.45, 7) is 0. The summed E-state index contributed by atoms with van der Waals surface area (Å²) in [4.78, 5) is 0. The Bertz CT molecular complexity index is 86.1. The third kappa shape index (κ3) is 1.42. The number of allylic oxidation sites excluding steroid dienone is 1. The summed E-state index contributed by atoms with van der Waals surface area (Å²) in [5.74, 6) is 1.30. The predicted molar refractivity (Wildman–Crippen MR) is 38.7 cm³/mol. The number of hydrogen-bond acceptors (Lipinski definition) is 2. The van der Waals surface area contributed by atoms with Crippen LogP contribution in [0.1, 0.15) is 6.42 Å². The zero-order chi connectivity index (χ0) is 5.11. The van der Waals surface area contributed by atoms with Crippen molar-refractivity contribution in [1.29, 1.82) is 0 Å². The molecular formula is C5H8S2. The first kappa shape index (κ1) is 5.57. The molecule has 1 aliphatic rings. The van der Waals surface area contributed by atoms with E-state index in [1.54, 1.807) is 0 Å². The number of thioether (sulfide) groups is 2. The second-order valence-electron chi connectivity index (χ2n) is 1.36. The minimum Gasteiger partial charge on any atom is -0.123 e. The molecule has 1 aliphatic heterocycles. The van der Waals surface area contributed by atoms with Crippen LogP contribution in [0.4, 0.5) is 0 Å². The zero-order valence-electron chi connectivity index (χ0n) is 4.31. The molecule has 0 bridgehead atoms. The van der Waals surface area contributed by atoms with Gasteiger partial charge >= 0.3 is 0 Å². The molecule has 7 heavy (non-hydrogen) atoms. The average Bonchev–Trinajstić information content (AvgIpc) is 2.14. The van der Waals surface area contributed by atoms with Gasteiger partial charge in [0.1, 0.15) is 0 Å².